The van der Waals surface area contributed by atoms with Crippen LogP contribution in [-0.4, -0.2) is 19.2 Å². The Balaban J connectivity index is 2.14. The summed E-state index contributed by atoms with van der Waals surface area (Å²) in [7, 11) is -3.32. The second-order valence-corrected chi connectivity index (χ2v) is 7.54. The van der Waals surface area contributed by atoms with Crippen molar-refractivity contribution in [2.75, 3.05) is 6.26 Å². The summed E-state index contributed by atoms with van der Waals surface area (Å²) < 4.78 is 42.5. The monoisotopic (exact) mass is 367 g/mol. The minimum Gasteiger partial charge on any atom is -0.415 e. The van der Waals surface area contributed by atoms with E-state index >= 15 is 0 Å². The van der Waals surface area contributed by atoms with Crippen molar-refractivity contribution in [2.45, 2.75) is 4.90 Å². The van der Waals surface area contributed by atoms with Crippen LogP contribution in [0.25, 0.3) is 16.9 Å². The van der Waals surface area contributed by atoms with Crippen LogP contribution in [0.2, 0.25) is 5.02 Å². The van der Waals surface area contributed by atoms with E-state index < -0.39 is 21.4 Å². The first kappa shape index (κ1) is 16.5. The van der Waals surface area contributed by atoms with Crippen molar-refractivity contribution in [2.24, 2.45) is 0 Å². The second-order valence-electron chi connectivity index (χ2n) is 5.12. The zero-order valence-corrected chi connectivity index (χ0v) is 13.9. The van der Waals surface area contributed by atoms with Gasteiger partial charge in [0.25, 0.3) is 0 Å². The summed E-state index contributed by atoms with van der Waals surface area (Å²) in [4.78, 5) is 12.2. The number of hydrogen-bond acceptors (Lipinski definition) is 4. The number of oxazole rings is 1. The predicted molar refractivity (Wildman–Crippen MR) is 87.8 cm³/mol. The molecule has 124 valence electrons. The summed E-state index contributed by atoms with van der Waals surface area (Å²) in [6.07, 6.45) is 2.35. The molecule has 3 rings (SSSR count). The van der Waals surface area contributed by atoms with Crippen LogP contribution in [0.3, 0.4) is 0 Å². The Morgan fingerprint density at radius 1 is 1.12 bits per heavy atom. The molecule has 0 fully saturated rings. The Hall–Kier alpha value is -2.38. The molecule has 2 aromatic carbocycles. The lowest BCUT2D eigenvalue weighted by Gasteiger charge is -2.07. The number of nitrogens with zero attached hydrogens (tertiary/aromatic N) is 1. The third kappa shape index (κ3) is 3.00. The molecule has 0 N–H and O–H groups in total. The van der Waals surface area contributed by atoms with E-state index in [1.165, 1.54) is 35.1 Å². The van der Waals surface area contributed by atoms with Crippen LogP contribution in [0.4, 0.5) is 4.39 Å². The van der Waals surface area contributed by atoms with Crippen LogP contribution >= 0.6 is 11.6 Å². The minimum atomic E-state index is -3.32. The zero-order valence-electron chi connectivity index (χ0n) is 12.4. The fourth-order valence-electron chi connectivity index (χ4n) is 2.25. The van der Waals surface area contributed by atoms with Gasteiger partial charge in [-0.15, -0.1) is 0 Å². The Kier molecular flexibility index (Phi) is 4.06. The van der Waals surface area contributed by atoms with Gasteiger partial charge in [0.05, 0.1) is 21.3 Å². The molecule has 0 spiro atoms. The van der Waals surface area contributed by atoms with Gasteiger partial charge in [-0.1, -0.05) is 23.7 Å². The third-order valence-electron chi connectivity index (χ3n) is 3.43. The molecule has 5 nitrogen and oxygen atoms in total. The quantitative estimate of drug-likeness (QED) is 0.712. The van der Waals surface area contributed by atoms with Crippen molar-refractivity contribution < 1.29 is 17.2 Å². The van der Waals surface area contributed by atoms with Crippen molar-refractivity contribution in [3.05, 3.63) is 70.1 Å². The number of rotatable bonds is 3. The highest BCUT2D eigenvalue weighted by molar-refractivity contribution is 7.90. The number of benzene rings is 2. The Labute approximate surface area is 141 Å². The highest BCUT2D eigenvalue weighted by Gasteiger charge is 2.15. The standard InChI is InChI=1S/C16H11ClFNO4S/c1-24(21,22)12-5-2-10(3-6-12)15-9-23-16(20)19(15)11-4-7-14(18)13(17)8-11/h2-9H,1H3. The van der Waals surface area contributed by atoms with Crippen LogP contribution < -0.4 is 5.76 Å². The van der Waals surface area contributed by atoms with Crippen LogP contribution in [0.15, 0.2) is 62.8 Å². The Bertz CT molecular complexity index is 1070. The zero-order chi connectivity index (χ0) is 17.5. The first-order chi connectivity index (χ1) is 11.3. The highest BCUT2D eigenvalue weighted by atomic mass is 35.5. The van der Waals surface area contributed by atoms with Gasteiger partial charge < -0.3 is 4.42 Å². The number of aromatic nitrogens is 1. The molecule has 1 aromatic heterocycles. The molecule has 1 heterocycles. The molecular weight excluding hydrogens is 357 g/mol. The number of hydrogen-bond donors (Lipinski definition) is 0. The van der Waals surface area contributed by atoms with Gasteiger partial charge in [0.1, 0.15) is 12.1 Å². The molecule has 0 amide bonds. The van der Waals surface area contributed by atoms with Gasteiger partial charge in [-0.25, -0.2) is 22.2 Å². The van der Waals surface area contributed by atoms with Gasteiger partial charge in [-0.05, 0) is 30.3 Å². The summed E-state index contributed by atoms with van der Waals surface area (Å²) in [6.45, 7) is 0. The van der Waals surface area contributed by atoms with E-state index in [4.69, 9.17) is 16.0 Å². The second kappa shape index (κ2) is 5.92. The molecule has 0 atom stereocenters. The molecule has 0 bridgehead atoms. The van der Waals surface area contributed by atoms with Gasteiger partial charge in [-0.3, -0.25) is 0 Å². The Morgan fingerprint density at radius 3 is 2.38 bits per heavy atom. The average Bonchev–Trinajstić information content (AvgIpc) is 2.91. The van der Waals surface area contributed by atoms with Gasteiger partial charge in [-0.2, -0.15) is 0 Å². The maximum Gasteiger partial charge on any atom is 0.424 e. The van der Waals surface area contributed by atoms with Crippen LogP contribution in [0.1, 0.15) is 0 Å². The van der Waals surface area contributed by atoms with Crippen molar-refractivity contribution in [1.29, 1.82) is 0 Å². The topological polar surface area (TPSA) is 69.3 Å². The first-order valence-corrected chi connectivity index (χ1v) is 9.01. The lowest BCUT2D eigenvalue weighted by Crippen LogP contribution is -2.13. The van der Waals surface area contributed by atoms with Gasteiger partial charge >= 0.3 is 5.76 Å². The molecule has 0 unspecified atom stereocenters. The van der Waals surface area contributed by atoms with Gasteiger partial charge in [0.2, 0.25) is 0 Å². The number of sulfone groups is 1. The lowest BCUT2D eigenvalue weighted by atomic mass is 10.1. The molecule has 0 aliphatic heterocycles. The largest absolute Gasteiger partial charge is 0.424 e. The van der Waals surface area contributed by atoms with E-state index in [1.54, 1.807) is 12.1 Å². The summed E-state index contributed by atoms with van der Waals surface area (Å²) >= 11 is 5.76. The molecule has 8 heteroatoms. The summed E-state index contributed by atoms with van der Waals surface area (Å²) in [5.41, 5.74) is 1.29. The molecule has 0 saturated heterocycles. The van der Waals surface area contributed by atoms with Gasteiger partial charge in [0.15, 0.2) is 9.84 Å². The normalized spacial score (nSPS) is 11.6. The summed E-state index contributed by atoms with van der Waals surface area (Å²) in [5.74, 6) is -1.27. The van der Waals surface area contributed by atoms with Gasteiger partial charge in [0, 0.05) is 11.8 Å². The van der Waals surface area contributed by atoms with E-state index in [0.29, 0.717) is 16.9 Å². The summed E-state index contributed by atoms with van der Waals surface area (Å²) in [5, 5.41) is -0.126. The molecule has 0 aliphatic rings. The molecule has 24 heavy (non-hydrogen) atoms. The predicted octanol–water partition coefficient (Wildman–Crippen LogP) is 3.29. The van der Waals surface area contributed by atoms with Crippen molar-refractivity contribution in [1.82, 2.24) is 4.57 Å². The van der Waals surface area contributed by atoms with E-state index in [2.05, 4.69) is 0 Å². The highest BCUT2D eigenvalue weighted by Crippen LogP contribution is 2.25. The molecule has 0 saturated carbocycles. The fraction of sp³-hybridized carbons (Fsp3) is 0.0625. The van der Waals surface area contributed by atoms with E-state index in [-0.39, 0.29) is 9.92 Å². The van der Waals surface area contributed by atoms with Crippen LogP contribution in [0, 0.1) is 5.82 Å². The molecule has 0 radical (unpaired) electrons. The fourth-order valence-corrected chi connectivity index (χ4v) is 3.05. The maximum atomic E-state index is 13.3. The molecule has 0 aliphatic carbocycles. The van der Waals surface area contributed by atoms with E-state index in [0.717, 1.165) is 12.3 Å². The summed E-state index contributed by atoms with van der Waals surface area (Å²) in [6, 6.07) is 9.83. The smallest absolute Gasteiger partial charge is 0.415 e. The lowest BCUT2D eigenvalue weighted by molar-refractivity contribution is 0.504. The van der Waals surface area contributed by atoms with E-state index in [1.807, 2.05) is 0 Å². The van der Waals surface area contributed by atoms with Crippen LogP contribution in [0.5, 0.6) is 0 Å². The molecular formula is C16H11ClFNO4S. The van der Waals surface area contributed by atoms with Crippen molar-refractivity contribution in [3.8, 4) is 16.9 Å². The average molecular weight is 368 g/mol. The van der Waals surface area contributed by atoms with Crippen molar-refractivity contribution in [3.63, 3.8) is 0 Å². The number of halogens is 2. The first-order valence-electron chi connectivity index (χ1n) is 6.74. The maximum absolute atomic E-state index is 13.3. The Morgan fingerprint density at radius 2 is 1.79 bits per heavy atom. The minimum absolute atomic E-state index is 0.126. The SMILES string of the molecule is CS(=O)(=O)c1ccc(-c2coc(=O)n2-c2ccc(F)c(Cl)c2)cc1. The third-order valence-corrected chi connectivity index (χ3v) is 4.85. The van der Waals surface area contributed by atoms with Crippen LogP contribution in [-0.2, 0) is 9.84 Å². The van der Waals surface area contributed by atoms with E-state index in [9.17, 15) is 17.6 Å². The molecule has 3 aromatic rings. The van der Waals surface area contributed by atoms with Crippen molar-refractivity contribution >= 4 is 21.4 Å².